The number of ether oxygens (including phenoxy) is 1. The lowest BCUT2D eigenvalue weighted by atomic mass is 10.0. The van der Waals surface area contributed by atoms with Crippen molar-refractivity contribution in [2.24, 2.45) is 0 Å². The smallest absolute Gasteiger partial charge is 0.317 e. The molecule has 2 saturated heterocycles. The molecule has 0 aromatic heterocycles. The van der Waals surface area contributed by atoms with Gasteiger partial charge in [0.15, 0.2) is 5.78 Å². The van der Waals surface area contributed by atoms with Crippen molar-refractivity contribution in [1.82, 2.24) is 15.1 Å². The van der Waals surface area contributed by atoms with Crippen molar-refractivity contribution in [1.29, 1.82) is 0 Å². The van der Waals surface area contributed by atoms with Gasteiger partial charge in [-0.05, 0) is 44.9 Å². The fraction of sp³-hybridized carbons (Fsp3) is 0.579. The zero-order valence-electron chi connectivity index (χ0n) is 15.1. The Kier molecular flexibility index (Phi) is 5.58. The summed E-state index contributed by atoms with van der Waals surface area (Å²) in [5.41, 5.74) is 1.79. The molecule has 3 rings (SSSR count). The van der Waals surface area contributed by atoms with Crippen LogP contribution in [0.4, 0.5) is 4.79 Å². The number of piperidine rings is 1. The van der Waals surface area contributed by atoms with Gasteiger partial charge >= 0.3 is 6.03 Å². The molecule has 6 heteroatoms. The van der Waals surface area contributed by atoms with Crippen molar-refractivity contribution < 1.29 is 14.3 Å². The van der Waals surface area contributed by atoms with E-state index in [9.17, 15) is 9.59 Å². The number of urea groups is 1. The monoisotopic (exact) mass is 345 g/mol. The van der Waals surface area contributed by atoms with Gasteiger partial charge in [0.05, 0.1) is 6.61 Å². The van der Waals surface area contributed by atoms with Gasteiger partial charge in [-0.15, -0.1) is 0 Å². The summed E-state index contributed by atoms with van der Waals surface area (Å²) < 4.78 is 5.73. The number of hydrogen-bond donors (Lipinski definition) is 1. The number of nitrogens with zero attached hydrogens (tertiary/aromatic N) is 2. The quantitative estimate of drug-likeness (QED) is 0.804. The number of ketones is 1. The molecule has 0 saturated carbocycles. The van der Waals surface area contributed by atoms with Gasteiger partial charge in [-0.25, -0.2) is 4.79 Å². The highest BCUT2D eigenvalue weighted by Gasteiger charge is 2.30. The number of carbonyl (C=O) groups excluding carboxylic acids is 2. The van der Waals surface area contributed by atoms with E-state index in [4.69, 9.17) is 4.74 Å². The molecular formula is C19H27N3O3. The Labute approximate surface area is 149 Å². The van der Waals surface area contributed by atoms with E-state index in [1.54, 1.807) is 6.92 Å². The fourth-order valence-corrected chi connectivity index (χ4v) is 3.68. The first-order valence-corrected chi connectivity index (χ1v) is 9.12. The lowest BCUT2D eigenvalue weighted by molar-refractivity contribution is 0.101. The summed E-state index contributed by atoms with van der Waals surface area (Å²) >= 11 is 0. The SMILES string of the molecule is CCOc1ccc(C(C)=O)cc1CN1CCC(N2CCNC2=O)CC1. The number of benzene rings is 1. The van der Waals surface area contributed by atoms with Gasteiger partial charge in [0.2, 0.25) is 0 Å². The van der Waals surface area contributed by atoms with Crippen molar-refractivity contribution in [3.8, 4) is 5.75 Å². The van der Waals surface area contributed by atoms with E-state index in [0.717, 1.165) is 62.4 Å². The Hall–Kier alpha value is -2.08. The first-order valence-electron chi connectivity index (χ1n) is 9.12. The van der Waals surface area contributed by atoms with Gasteiger partial charge in [-0.2, -0.15) is 0 Å². The van der Waals surface area contributed by atoms with Crippen molar-refractivity contribution >= 4 is 11.8 Å². The Morgan fingerprint density at radius 2 is 2.04 bits per heavy atom. The Balaban J connectivity index is 1.63. The molecule has 0 radical (unpaired) electrons. The Morgan fingerprint density at radius 1 is 1.28 bits per heavy atom. The molecule has 0 spiro atoms. The lowest BCUT2D eigenvalue weighted by Crippen LogP contribution is -2.45. The van der Waals surface area contributed by atoms with Gasteiger partial charge in [-0.3, -0.25) is 9.69 Å². The van der Waals surface area contributed by atoms with E-state index in [1.165, 1.54) is 0 Å². The highest BCUT2D eigenvalue weighted by molar-refractivity contribution is 5.94. The largest absolute Gasteiger partial charge is 0.494 e. The summed E-state index contributed by atoms with van der Waals surface area (Å²) in [7, 11) is 0. The average molecular weight is 345 g/mol. The van der Waals surface area contributed by atoms with E-state index in [1.807, 2.05) is 30.0 Å². The topological polar surface area (TPSA) is 61.9 Å². The molecule has 2 amide bonds. The van der Waals surface area contributed by atoms with Gasteiger partial charge in [0.1, 0.15) is 5.75 Å². The van der Waals surface area contributed by atoms with Gasteiger partial charge in [0.25, 0.3) is 0 Å². The maximum atomic E-state index is 11.8. The zero-order chi connectivity index (χ0) is 17.8. The van der Waals surface area contributed by atoms with Crippen LogP contribution in [-0.2, 0) is 6.54 Å². The van der Waals surface area contributed by atoms with Gasteiger partial charge in [0, 0.05) is 49.9 Å². The predicted molar refractivity (Wildman–Crippen MR) is 96.0 cm³/mol. The Bertz CT molecular complexity index is 639. The molecular weight excluding hydrogens is 318 g/mol. The van der Waals surface area contributed by atoms with Crippen LogP contribution in [0.25, 0.3) is 0 Å². The number of amides is 2. The number of rotatable bonds is 6. The molecule has 0 atom stereocenters. The highest BCUT2D eigenvalue weighted by atomic mass is 16.5. The van der Waals surface area contributed by atoms with Crippen LogP contribution in [0.3, 0.4) is 0 Å². The molecule has 0 bridgehead atoms. The van der Waals surface area contributed by atoms with Crippen LogP contribution in [-0.4, -0.2) is 60.4 Å². The van der Waals surface area contributed by atoms with E-state index < -0.39 is 0 Å². The normalized spacial score (nSPS) is 19.1. The molecule has 1 aromatic rings. The van der Waals surface area contributed by atoms with Gasteiger partial charge in [-0.1, -0.05) is 0 Å². The number of Topliss-reactive ketones (excluding diaryl/α,β-unsaturated/α-hetero) is 1. The number of likely N-dealkylation sites (tertiary alicyclic amines) is 1. The fourth-order valence-electron chi connectivity index (χ4n) is 3.68. The molecule has 2 aliphatic heterocycles. The van der Waals surface area contributed by atoms with Crippen LogP contribution in [0.1, 0.15) is 42.6 Å². The van der Waals surface area contributed by atoms with E-state index in [2.05, 4.69) is 10.2 Å². The lowest BCUT2D eigenvalue weighted by Gasteiger charge is -2.36. The van der Waals surface area contributed by atoms with Crippen LogP contribution in [0, 0.1) is 0 Å². The predicted octanol–water partition coefficient (Wildman–Crippen LogP) is 2.28. The van der Waals surface area contributed by atoms with E-state index in [-0.39, 0.29) is 11.8 Å². The first kappa shape index (κ1) is 17.7. The number of nitrogens with one attached hydrogen (secondary N) is 1. The highest BCUT2D eigenvalue weighted by Crippen LogP contribution is 2.25. The molecule has 2 aliphatic rings. The summed E-state index contributed by atoms with van der Waals surface area (Å²) in [6, 6.07) is 6.10. The second kappa shape index (κ2) is 7.87. The summed E-state index contributed by atoms with van der Waals surface area (Å²) in [6.07, 6.45) is 1.98. The van der Waals surface area contributed by atoms with Crippen molar-refractivity contribution in [3.05, 3.63) is 29.3 Å². The molecule has 2 heterocycles. The standard InChI is InChI=1S/C19H27N3O3/c1-3-25-18-5-4-15(14(2)23)12-16(18)13-21-9-6-17(7-10-21)22-11-8-20-19(22)24/h4-5,12,17H,3,6-11,13H2,1-2H3,(H,20,24). The van der Waals surface area contributed by atoms with Crippen LogP contribution >= 0.6 is 0 Å². The molecule has 2 fully saturated rings. The van der Waals surface area contributed by atoms with E-state index >= 15 is 0 Å². The van der Waals surface area contributed by atoms with Crippen LogP contribution in [0.15, 0.2) is 18.2 Å². The number of carbonyl (C=O) groups is 2. The minimum atomic E-state index is 0.0723. The maximum absolute atomic E-state index is 11.8. The molecule has 6 nitrogen and oxygen atoms in total. The maximum Gasteiger partial charge on any atom is 0.317 e. The van der Waals surface area contributed by atoms with Crippen LogP contribution in [0.5, 0.6) is 5.75 Å². The molecule has 0 aliphatic carbocycles. The summed E-state index contributed by atoms with van der Waals surface area (Å²) in [5.74, 6) is 0.927. The summed E-state index contributed by atoms with van der Waals surface area (Å²) in [6.45, 7) is 8.41. The number of hydrogen-bond acceptors (Lipinski definition) is 4. The molecule has 1 N–H and O–H groups in total. The third kappa shape index (κ3) is 4.12. The second-order valence-electron chi connectivity index (χ2n) is 6.74. The van der Waals surface area contributed by atoms with Crippen molar-refractivity contribution in [2.75, 3.05) is 32.8 Å². The van der Waals surface area contributed by atoms with Crippen molar-refractivity contribution in [2.45, 2.75) is 39.3 Å². The second-order valence-corrected chi connectivity index (χ2v) is 6.74. The molecule has 25 heavy (non-hydrogen) atoms. The molecule has 1 aromatic carbocycles. The average Bonchev–Trinajstić information content (AvgIpc) is 3.03. The van der Waals surface area contributed by atoms with Crippen LogP contribution in [0.2, 0.25) is 0 Å². The van der Waals surface area contributed by atoms with Crippen molar-refractivity contribution in [3.63, 3.8) is 0 Å². The van der Waals surface area contributed by atoms with E-state index in [0.29, 0.717) is 12.6 Å². The van der Waals surface area contributed by atoms with Gasteiger partial charge < -0.3 is 15.0 Å². The minimum absolute atomic E-state index is 0.0723. The summed E-state index contributed by atoms with van der Waals surface area (Å²) in [4.78, 5) is 27.9. The Morgan fingerprint density at radius 3 is 2.64 bits per heavy atom. The molecule has 0 unspecified atom stereocenters. The molecule has 136 valence electrons. The summed E-state index contributed by atoms with van der Waals surface area (Å²) in [5, 5.41) is 2.88. The first-order chi connectivity index (χ1) is 12.1. The van der Waals surface area contributed by atoms with Crippen LogP contribution < -0.4 is 10.1 Å². The minimum Gasteiger partial charge on any atom is -0.494 e. The third-order valence-electron chi connectivity index (χ3n) is 5.05. The zero-order valence-corrected chi connectivity index (χ0v) is 15.1. The third-order valence-corrected chi connectivity index (χ3v) is 5.05.